The van der Waals surface area contributed by atoms with Gasteiger partial charge in [-0.15, -0.1) is 0 Å². The molecule has 2 aromatic rings. The van der Waals surface area contributed by atoms with Gasteiger partial charge in [-0.25, -0.2) is 0 Å². The van der Waals surface area contributed by atoms with Crippen LogP contribution in [0.4, 0.5) is 11.4 Å². The van der Waals surface area contributed by atoms with Gasteiger partial charge in [0.25, 0.3) is 0 Å². The number of carbonyl (C=O) groups excluding carboxylic acids is 1. The largest absolute Gasteiger partial charge is 0.399 e. The lowest BCUT2D eigenvalue weighted by Gasteiger charge is -2.00. The first kappa shape index (κ1) is 11.9. The van der Waals surface area contributed by atoms with E-state index in [0.717, 1.165) is 11.3 Å². The molecule has 3 N–H and O–H groups in total. The second-order valence-corrected chi connectivity index (χ2v) is 3.86. The average Bonchev–Trinajstić information content (AvgIpc) is 2.39. The van der Waals surface area contributed by atoms with Crippen LogP contribution in [0.15, 0.2) is 60.7 Å². The number of anilines is 2. The first-order valence-corrected chi connectivity index (χ1v) is 5.64. The van der Waals surface area contributed by atoms with Crippen molar-refractivity contribution in [3.63, 3.8) is 0 Å². The molecular weight excluding hydrogens is 224 g/mol. The lowest BCUT2D eigenvalue weighted by atomic mass is 10.2. The zero-order valence-electron chi connectivity index (χ0n) is 9.84. The molecule has 2 aromatic carbocycles. The fraction of sp³-hybridized carbons (Fsp3) is 0. The van der Waals surface area contributed by atoms with E-state index in [-0.39, 0.29) is 5.91 Å². The molecule has 0 bridgehead atoms. The van der Waals surface area contributed by atoms with Crippen LogP contribution < -0.4 is 11.1 Å². The molecule has 0 heterocycles. The second-order valence-electron chi connectivity index (χ2n) is 3.86. The normalized spacial score (nSPS) is 10.4. The number of para-hydroxylation sites is 1. The monoisotopic (exact) mass is 238 g/mol. The Kier molecular flexibility index (Phi) is 3.76. The highest BCUT2D eigenvalue weighted by Gasteiger charge is 1.96. The van der Waals surface area contributed by atoms with Gasteiger partial charge in [0.15, 0.2) is 0 Å². The smallest absolute Gasteiger partial charge is 0.248 e. The minimum atomic E-state index is -0.155. The van der Waals surface area contributed by atoms with Crippen molar-refractivity contribution < 1.29 is 4.79 Å². The topological polar surface area (TPSA) is 55.1 Å². The Labute approximate surface area is 106 Å². The Hall–Kier alpha value is -2.55. The van der Waals surface area contributed by atoms with Crippen molar-refractivity contribution in [2.45, 2.75) is 0 Å². The Bertz CT molecular complexity index is 544. The SMILES string of the molecule is Nc1ccc(/C=C/C(=O)Nc2ccccc2)cc1. The number of nitrogens with two attached hydrogens (primary N) is 1. The summed E-state index contributed by atoms with van der Waals surface area (Å²) in [5.74, 6) is -0.155. The molecule has 0 aliphatic carbocycles. The molecule has 0 fully saturated rings. The summed E-state index contributed by atoms with van der Waals surface area (Å²) in [6, 6.07) is 16.7. The predicted molar refractivity (Wildman–Crippen MR) is 75.0 cm³/mol. The average molecular weight is 238 g/mol. The number of carbonyl (C=O) groups is 1. The van der Waals surface area contributed by atoms with E-state index in [0.29, 0.717) is 5.69 Å². The van der Waals surface area contributed by atoms with Gasteiger partial charge in [-0.2, -0.15) is 0 Å². The van der Waals surface area contributed by atoms with Gasteiger partial charge >= 0.3 is 0 Å². The summed E-state index contributed by atoms with van der Waals surface area (Å²) in [6.45, 7) is 0. The summed E-state index contributed by atoms with van der Waals surface area (Å²) < 4.78 is 0. The molecule has 0 aliphatic heterocycles. The van der Waals surface area contributed by atoms with Crippen molar-refractivity contribution in [2.75, 3.05) is 11.1 Å². The number of hydrogen-bond acceptors (Lipinski definition) is 2. The molecular formula is C15H14N2O. The fourth-order valence-electron chi connectivity index (χ4n) is 1.48. The maximum Gasteiger partial charge on any atom is 0.248 e. The summed E-state index contributed by atoms with van der Waals surface area (Å²) >= 11 is 0. The van der Waals surface area contributed by atoms with Crippen LogP contribution in [0.25, 0.3) is 6.08 Å². The minimum absolute atomic E-state index is 0.155. The third-order valence-electron chi connectivity index (χ3n) is 2.40. The Balaban J connectivity index is 1.97. The van der Waals surface area contributed by atoms with Crippen molar-refractivity contribution in [2.24, 2.45) is 0 Å². The minimum Gasteiger partial charge on any atom is -0.399 e. The molecule has 0 atom stereocenters. The fourth-order valence-corrected chi connectivity index (χ4v) is 1.48. The highest BCUT2D eigenvalue weighted by atomic mass is 16.1. The molecule has 0 unspecified atom stereocenters. The van der Waals surface area contributed by atoms with E-state index >= 15 is 0 Å². The molecule has 0 aliphatic rings. The maximum atomic E-state index is 11.6. The summed E-state index contributed by atoms with van der Waals surface area (Å²) in [4.78, 5) is 11.6. The van der Waals surface area contributed by atoms with Gasteiger partial charge in [-0.1, -0.05) is 30.3 Å². The quantitative estimate of drug-likeness (QED) is 0.638. The van der Waals surface area contributed by atoms with Crippen molar-refractivity contribution in [3.05, 3.63) is 66.2 Å². The lowest BCUT2D eigenvalue weighted by Crippen LogP contribution is -2.07. The van der Waals surface area contributed by atoms with E-state index in [4.69, 9.17) is 5.73 Å². The number of nitrogen functional groups attached to an aromatic ring is 1. The molecule has 0 saturated carbocycles. The third-order valence-corrected chi connectivity index (χ3v) is 2.40. The molecule has 0 aromatic heterocycles. The van der Waals surface area contributed by atoms with Gasteiger partial charge in [-0.05, 0) is 35.9 Å². The Morgan fingerprint density at radius 3 is 2.33 bits per heavy atom. The maximum absolute atomic E-state index is 11.6. The van der Waals surface area contributed by atoms with E-state index in [9.17, 15) is 4.79 Å². The van der Waals surface area contributed by atoms with E-state index in [2.05, 4.69) is 5.32 Å². The van der Waals surface area contributed by atoms with Gasteiger partial charge in [0.2, 0.25) is 5.91 Å². The molecule has 0 radical (unpaired) electrons. The second kappa shape index (κ2) is 5.68. The number of rotatable bonds is 3. The van der Waals surface area contributed by atoms with Crippen LogP contribution in [-0.4, -0.2) is 5.91 Å². The van der Waals surface area contributed by atoms with Crippen LogP contribution in [0.2, 0.25) is 0 Å². The number of benzene rings is 2. The summed E-state index contributed by atoms with van der Waals surface area (Å²) in [7, 11) is 0. The van der Waals surface area contributed by atoms with E-state index in [1.54, 1.807) is 18.2 Å². The molecule has 3 nitrogen and oxygen atoms in total. The summed E-state index contributed by atoms with van der Waals surface area (Å²) in [6.07, 6.45) is 3.25. The van der Waals surface area contributed by atoms with E-state index < -0.39 is 0 Å². The van der Waals surface area contributed by atoms with Gasteiger partial charge in [0.1, 0.15) is 0 Å². The van der Waals surface area contributed by atoms with Crippen molar-refractivity contribution in [1.82, 2.24) is 0 Å². The molecule has 1 amide bonds. The standard InChI is InChI=1S/C15H14N2O/c16-13-9-6-12(7-10-13)8-11-15(18)17-14-4-2-1-3-5-14/h1-11H,16H2,(H,17,18)/b11-8+. The zero-order chi connectivity index (χ0) is 12.8. The van der Waals surface area contributed by atoms with Crippen LogP contribution >= 0.6 is 0 Å². The van der Waals surface area contributed by atoms with Crippen molar-refractivity contribution in [1.29, 1.82) is 0 Å². The number of hydrogen-bond donors (Lipinski definition) is 2. The van der Waals surface area contributed by atoms with Crippen molar-refractivity contribution in [3.8, 4) is 0 Å². The van der Waals surface area contributed by atoms with E-state index in [1.807, 2.05) is 42.5 Å². The molecule has 2 rings (SSSR count). The van der Waals surface area contributed by atoms with Crippen LogP contribution in [0, 0.1) is 0 Å². The highest BCUT2D eigenvalue weighted by molar-refractivity contribution is 6.01. The summed E-state index contributed by atoms with van der Waals surface area (Å²) in [5, 5.41) is 2.77. The third kappa shape index (κ3) is 3.49. The van der Waals surface area contributed by atoms with Crippen molar-refractivity contribution >= 4 is 23.4 Å². The Morgan fingerprint density at radius 2 is 1.67 bits per heavy atom. The van der Waals surface area contributed by atoms with Crippen LogP contribution in [0.3, 0.4) is 0 Å². The van der Waals surface area contributed by atoms with E-state index in [1.165, 1.54) is 6.08 Å². The van der Waals surface area contributed by atoms with Gasteiger partial charge in [0.05, 0.1) is 0 Å². The molecule has 0 saturated heterocycles. The number of amides is 1. The van der Waals surface area contributed by atoms with Gasteiger partial charge in [-0.3, -0.25) is 4.79 Å². The molecule has 3 heteroatoms. The number of nitrogens with one attached hydrogen (secondary N) is 1. The first-order chi connectivity index (χ1) is 8.74. The van der Waals surface area contributed by atoms with Crippen LogP contribution in [0.1, 0.15) is 5.56 Å². The van der Waals surface area contributed by atoms with Gasteiger partial charge in [0, 0.05) is 17.5 Å². The highest BCUT2D eigenvalue weighted by Crippen LogP contribution is 2.08. The Morgan fingerprint density at radius 1 is 1.00 bits per heavy atom. The predicted octanol–water partition coefficient (Wildman–Crippen LogP) is 2.92. The molecule has 90 valence electrons. The van der Waals surface area contributed by atoms with Crippen LogP contribution in [0.5, 0.6) is 0 Å². The van der Waals surface area contributed by atoms with Gasteiger partial charge < -0.3 is 11.1 Å². The van der Waals surface area contributed by atoms with Crippen LogP contribution in [-0.2, 0) is 4.79 Å². The summed E-state index contributed by atoms with van der Waals surface area (Å²) in [5.41, 5.74) is 8.01. The molecule has 0 spiro atoms. The lowest BCUT2D eigenvalue weighted by molar-refractivity contribution is -0.111. The zero-order valence-corrected chi connectivity index (χ0v) is 9.84. The first-order valence-electron chi connectivity index (χ1n) is 5.64. The molecule has 18 heavy (non-hydrogen) atoms.